The van der Waals surface area contributed by atoms with Crippen molar-refractivity contribution in [3.05, 3.63) is 0 Å². The van der Waals surface area contributed by atoms with Gasteiger partial charge in [0.25, 0.3) is 0 Å². The van der Waals surface area contributed by atoms with Crippen LogP contribution in [0.15, 0.2) is 0 Å². The molecular weight excluding hydrogens is 186 g/mol. The van der Waals surface area contributed by atoms with Gasteiger partial charge in [-0.05, 0) is 13.0 Å². The van der Waals surface area contributed by atoms with E-state index in [1.807, 2.05) is 6.92 Å². The van der Waals surface area contributed by atoms with Crippen molar-refractivity contribution in [3.8, 4) is 0 Å². The monoisotopic (exact) mass is 205 g/mol. The van der Waals surface area contributed by atoms with Crippen LogP contribution in [0, 0.1) is 5.92 Å². The van der Waals surface area contributed by atoms with Crippen LogP contribution in [-0.4, -0.2) is 57.9 Å². The number of nitrogens with one attached hydrogen (secondary N) is 1. The van der Waals surface area contributed by atoms with Gasteiger partial charge in [-0.2, -0.15) is 0 Å². The van der Waals surface area contributed by atoms with Crippen LogP contribution in [-0.2, 0) is 0 Å². The molecule has 1 rings (SSSR count). The lowest BCUT2D eigenvalue weighted by atomic mass is 9.80. The molecule has 5 heteroatoms. The average molecular weight is 205 g/mol. The molecule has 0 amide bonds. The molecular formula is C9H19NO4. The summed E-state index contributed by atoms with van der Waals surface area (Å²) in [5.41, 5.74) is 0. The molecule has 5 N–H and O–H groups in total. The molecule has 0 saturated heterocycles. The summed E-state index contributed by atoms with van der Waals surface area (Å²) in [6.45, 7) is 2.41. The number of rotatable bonds is 3. The standard InChI is InChI=1S/C9H19NO4/c1-2-10-6-3-5(4-11)7(12)9(14)8(6)13/h5-14H,2-4H2,1H3. The molecule has 0 aliphatic heterocycles. The highest BCUT2D eigenvalue weighted by Crippen LogP contribution is 2.25. The molecule has 5 nitrogen and oxygen atoms in total. The Morgan fingerprint density at radius 1 is 1.14 bits per heavy atom. The fourth-order valence-electron chi connectivity index (χ4n) is 1.97. The summed E-state index contributed by atoms with van der Waals surface area (Å²) in [5, 5.41) is 40.6. The van der Waals surface area contributed by atoms with Crippen molar-refractivity contribution in [1.82, 2.24) is 5.32 Å². The van der Waals surface area contributed by atoms with Gasteiger partial charge < -0.3 is 25.7 Å². The molecule has 0 bridgehead atoms. The van der Waals surface area contributed by atoms with Crippen molar-refractivity contribution in [3.63, 3.8) is 0 Å². The van der Waals surface area contributed by atoms with Crippen LogP contribution in [0.25, 0.3) is 0 Å². The van der Waals surface area contributed by atoms with Crippen molar-refractivity contribution in [2.24, 2.45) is 5.92 Å². The largest absolute Gasteiger partial charge is 0.396 e. The molecule has 0 spiro atoms. The second kappa shape index (κ2) is 5.04. The van der Waals surface area contributed by atoms with E-state index in [1.54, 1.807) is 0 Å². The van der Waals surface area contributed by atoms with Gasteiger partial charge in [0, 0.05) is 18.6 Å². The van der Waals surface area contributed by atoms with E-state index in [1.165, 1.54) is 0 Å². The third kappa shape index (κ3) is 2.24. The highest BCUT2D eigenvalue weighted by atomic mass is 16.4. The normalized spacial score (nSPS) is 43.9. The van der Waals surface area contributed by atoms with E-state index in [9.17, 15) is 15.3 Å². The minimum absolute atomic E-state index is 0.174. The summed E-state index contributed by atoms with van der Waals surface area (Å²) in [6, 6.07) is -0.254. The lowest BCUT2D eigenvalue weighted by Crippen LogP contribution is -2.58. The third-order valence-corrected chi connectivity index (χ3v) is 2.85. The number of aliphatic hydroxyl groups is 4. The van der Waals surface area contributed by atoms with Crippen LogP contribution in [0.5, 0.6) is 0 Å². The van der Waals surface area contributed by atoms with Crippen molar-refractivity contribution in [2.45, 2.75) is 37.7 Å². The Balaban J connectivity index is 2.63. The number of likely N-dealkylation sites (N-methyl/N-ethyl adjacent to an activating group) is 1. The Hall–Kier alpha value is -0.200. The zero-order valence-electron chi connectivity index (χ0n) is 8.30. The molecule has 0 aromatic carbocycles. The quantitative estimate of drug-likeness (QED) is 0.370. The van der Waals surface area contributed by atoms with Crippen LogP contribution < -0.4 is 5.32 Å². The lowest BCUT2D eigenvalue weighted by Gasteiger charge is -2.40. The maximum Gasteiger partial charge on any atom is 0.108 e. The van der Waals surface area contributed by atoms with E-state index in [0.717, 1.165) is 0 Å². The fourth-order valence-corrected chi connectivity index (χ4v) is 1.97. The van der Waals surface area contributed by atoms with Crippen molar-refractivity contribution >= 4 is 0 Å². The predicted molar refractivity (Wildman–Crippen MR) is 50.7 cm³/mol. The van der Waals surface area contributed by atoms with Gasteiger partial charge in [-0.3, -0.25) is 0 Å². The smallest absolute Gasteiger partial charge is 0.108 e. The van der Waals surface area contributed by atoms with Gasteiger partial charge in [0.1, 0.15) is 6.10 Å². The van der Waals surface area contributed by atoms with E-state index in [-0.39, 0.29) is 18.6 Å². The molecule has 84 valence electrons. The van der Waals surface area contributed by atoms with Gasteiger partial charge in [-0.15, -0.1) is 0 Å². The molecule has 14 heavy (non-hydrogen) atoms. The van der Waals surface area contributed by atoms with Crippen LogP contribution in [0.1, 0.15) is 13.3 Å². The zero-order valence-corrected chi connectivity index (χ0v) is 8.30. The number of hydrogen-bond acceptors (Lipinski definition) is 5. The van der Waals surface area contributed by atoms with Crippen LogP contribution in [0.4, 0.5) is 0 Å². The third-order valence-electron chi connectivity index (χ3n) is 2.85. The van der Waals surface area contributed by atoms with Gasteiger partial charge in [0.05, 0.1) is 12.2 Å². The highest BCUT2D eigenvalue weighted by Gasteiger charge is 2.41. The van der Waals surface area contributed by atoms with E-state index in [4.69, 9.17) is 5.11 Å². The number of aliphatic hydroxyl groups excluding tert-OH is 4. The Morgan fingerprint density at radius 3 is 2.29 bits per heavy atom. The van der Waals surface area contributed by atoms with Crippen molar-refractivity contribution < 1.29 is 20.4 Å². The molecule has 0 radical (unpaired) electrons. The zero-order chi connectivity index (χ0) is 10.7. The lowest BCUT2D eigenvalue weighted by molar-refractivity contribution is -0.130. The molecule has 1 saturated carbocycles. The summed E-state index contributed by atoms with van der Waals surface area (Å²) in [5.74, 6) is -0.363. The highest BCUT2D eigenvalue weighted by molar-refractivity contribution is 4.95. The predicted octanol–water partition coefficient (Wildman–Crippen LogP) is -1.94. The maximum atomic E-state index is 9.60. The molecule has 1 aliphatic carbocycles. The van der Waals surface area contributed by atoms with E-state index in [2.05, 4.69) is 5.32 Å². The van der Waals surface area contributed by atoms with E-state index in [0.29, 0.717) is 13.0 Å². The Kier molecular flexibility index (Phi) is 4.28. The van der Waals surface area contributed by atoms with Gasteiger partial charge in [-0.25, -0.2) is 0 Å². The number of hydrogen-bond donors (Lipinski definition) is 5. The molecule has 0 aromatic rings. The molecule has 0 aromatic heterocycles. The Labute approximate surface area is 83.4 Å². The first-order chi connectivity index (χ1) is 6.61. The van der Waals surface area contributed by atoms with Crippen molar-refractivity contribution in [1.29, 1.82) is 0 Å². The second-order valence-corrected chi connectivity index (χ2v) is 3.81. The SMILES string of the molecule is CCNC1CC(CO)C(O)C(O)C1O. The molecule has 0 heterocycles. The van der Waals surface area contributed by atoms with Crippen LogP contribution in [0.3, 0.4) is 0 Å². The second-order valence-electron chi connectivity index (χ2n) is 3.81. The first-order valence-electron chi connectivity index (χ1n) is 5.00. The molecule has 1 aliphatic rings. The first-order valence-corrected chi connectivity index (χ1v) is 5.00. The van der Waals surface area contributed by atoms with Crippen LogP contribution in [0.2, 0.25) is 0 Å². The van der Waals surface area contributed by atoms with Gasteiger partial charge in [-0.1, -0.05) is 6.92 Å². The molecule has 5 unspecified atom stereocenters. The molecule has 1 fully saturated rings. The minimum atomic E-state index is -1.18. The summed E-state index contributed by atoms with van der Waals surface area (Å²) < 4.78 is 0. The average Bonchev–Trinajstić information content (AvgIpc) is 2.19. The van der Waals surface area contributed by atoms with Crippen LogP contribution >= 0.6 is 0 Å². The van der Waals surface area contributed by atoms with Crippen molar-refractivity contribution in [2.75, 3.05) is 13.2 Å². The first kappa shape index (κ1) is 11.9. The Bertz CT molecular complexity index is 174. The van der Waals surface area contributed by atoms with E-state index < -0.39 is 18.3 Å². The van der Waals surface area contributed by atoms with Gasteiger partial charge in [0.15, 0.2) is 0 Å². The summed E-state index contributed by atoms with van der Waals surface area (Å²) >= 11 is 0. The topological polar surface area (TPSA) is 93.0 Å². The molecule has 5 atom stereocenters. The minimum Gasteiger partial charge on any atom is -0.396 e. The maximum absolute atomic E-state index is 9.60. The van der Waals surface area contributed by atoms with Gasteiger partial charge >= 0.3 is 0 Å². The summed E-state index contributed by atoms with van der Waals surface area (Å²) in [6.07, 6.45) is -2.70. The summed E-state index contributed by atoms with van der Waals surface area (Å²) in [7, 11) is 0. The van der Waals surface area contributed by atoms with E-state index >= 15 is 0 Å². The van der Waals surface area contributed by atoms with Gasteiger partial charge in [0.2, 0.25) is 0 Å². The summed E-state index contributed by atoms with van der Waals surface area (Å²) in [4.78, 5) is 0. The Morgan fingerprint density at radius 2 is 1.79 bits per heavy atom. The fraction of sp³-hybridized carbons (Fsp3) is 1.00.